The Balaban J connectivity index is 1.31. The lowest BCUT2D eigenvalue weighted by Crippen LogP contribution is -2.21. The van der Waals surface area contributed by atoms with Crippen molar-refractivity contribution in [1.82, 2.24) is 0 Å². The highest BCUT2D eigenvalue weighted by Gasteiger charge is 2.35. The van der Waals surface area contributed by atoms with Crippen molar-refractivity contribution in [3.05, 3.63) is 89.0 Å². The predicted octanol–water partition coefficient (Wildman–Crippen LogP) is 5.42. The van der Waals surface area contributed by atoms with Gasteiger partial charge in [-0.2, -0.15) is 0 Å². The molecule has 0 saturated heterocycles. The first-order valence-corrected chi connectivity index (χ1v) is 12.3. The summed E-state index contributed by atoms with van der Waals surface area (Å²) in [5.74, 6) is -2.86. The van der Waals surface area contributed by atoms with E-state index in [0.29, 0.717) is 11.1 Å². The van der Waals surface area contributed by atoms with Crippen LogP contribution >= 0.6 is 0 Å². The van der Waals surface area contributed by atoms with Crippen LogP contribution in [0.25, 0.3) is 0 Å². The molecule has 2 atom stereocenters. The fraction of sp³-hybridized carbons (Fsp3) is 0.133. The van der Waals surface area contributed by atoms with Crippen molar-refractivity contribution in [2.75, 3.05) is 0 Å². The van der Waals surface area contributed by atoms with Crippen molar-refractivity contribution in [3.8, 4) is 51.7 Å². The number of benzene rings is 4. The molecule has 5 N–H and O–H groups in total. The monoisotopic (exact) mass is 542 g/mol. The van der Waals surface area contributed by atoms with Crippen molar-refractivity contribution < 1.29 is 49.3 Å². The molecule has 0 aromatic heterocycles. The lowest BCUT2D eigenvalue weighted by atomic mass is 9.95. The quantitative estimate of drug-likeness (QED) is 0.225. The summed E-state index contributed by atoms with van der Waals surface area (Å²) in [5, 5.41) is 51.2. The lowest BCUT2D eigenvalue weighted by molar-refractivity contribution is 0.0832. The van der Waals surface area contributed by atoms with E-state index < -0.39 is 41.0 Å². The third-order valence-electron chi connectivity index (χ3n) is 6.84. The molecule has 2 aliphatic rings. The molecule has 0 fully saturated rings. The lowest BCUT2D eigenvalue weighted by Gasteiger charge is -2.27. The smallest absolute Gasteiger partial charge is 0.211 e. The molecular formula is C30H22O10. The Morgan fingerprint density at radius 2 is 1.12 bits per heavy atom. The summed E-state index contributed by atoms with van der Waals surface area (Å²) in [7, 11) is 0. The first-order chi connectivity index (χ1) is 19.2. The topological polar surface area (TPSA) is 163 Å². The third kappa shape index (κ3) is 4.35. The number of Topliss-reactive ketones (excluding diaryl/α,β-unsaturated/α-hetero) is 2. The van der Waals surface area contributed by atoms with E-state index in [4.69, 9.17) is 14.2 Å². The van der Waals surface area contributed by atoms with E-state index in [9.17, 15) is 35.1 Å². The SMILES string of the molecule is O=C1C[C@H](c2ccc(O)cc2)Oc2cc(Oc3c(O)cc4c(c3O)C(=O)C[C@H](c3ccc(O)cc3)O4)cc(O)c21. The van der Waals surface area contributed by atoms with E-state index in [2.05, 4.69) is 0 Å². The van der Waals surface area contributed by atoms with Gasteiger partial charge in [0.05, 0.1) is 12.8 Å². The highest BCUT2D eigenvalue weighted by Crippen LogP contribution is 2.51. The van der Waals surface area contributed by atoms with Crippen LogP contribution in [0.1, 0.15) is 56.9 Å². The largest absolute Gasteiger partial charge is 0.508 e. The van der Waals surface area contributed by atoms with Crippen molar-refractivity contribution in [2.45, 2.75) is 25.0 Å². The summed E-state index contributed by atoms with van der Waals surface area (Å²) in [6.07, 6.45) is -1.52. The van der Waals surface area contributed by atoms with Gasteiger partial charge in [-0.25, -0.2) is 0 Å². The zero-order valence-corrected chi connectivity index (χ0v) is 20.7. The van der Waals surface area contributed by atoms with Crippen LogP contribution < -0.4 is 14.2 Å². The Labute approximate surface area is 226 Å². The molecule has 6 rings (SSSR count). The molecule has 10 heteroatoms. The molecule has 2 aliphatic heterocycles. The second kappa shape index (κ2) is 9.42. The van der Waals surface area contributed by atoms with E-state index >= 15 is 0 Å². The number of phenolic OH excluding ortho intramolecular Hbond substituents is 5. The second-order valence-corrected chi connectivity index (χ2v) is 9.51. The summed E-state index contributed by atoms with van der Waals surface area (Å²) in [6.45, 7) is 0. The van der Waals surface area contributed by atoms with Crippen LogP contribution in [-0.2, 0) is 0 Å². The van der Waals surface area contributed by atoms with Crippen LogP contribution in [0, 0.1) is 0 Å². The molecule has 0 radical (unpaired) electrons. The van der Waals surface area contributed by atoms with Gasteiger partial charge in [-0.1, -0.05) is 24.3 Å². The van der Waals surface area contributed by atoms with Crippen molar-refractivity contribution in [3.63, 3.8) is 0 Å². The number of hydrogen-bond acceptors (Lipinski definition) is 10. The minimum absolute atomic E-state index is 0.0254. The maximum absolute atomic E-state index is 13.0. The molecule has 0 saturated carbocycles. The van der Waals surface area contributed by atoms with Crippen LogP contribution in [0.3, 0.4) is 0 Å². The van der Waals surface area contributed by atoms with Crippen LogP contribution in [0.15, 0.2) is 66.7 Å². The van der Waals surface area contributed by atoms with E-state index in [1.165, 1.54) is 30.3 Å². The Hall–Kier alpha value is -5.38. The van der Waals surface area contributed by atoms with Gasteiger partial charge in [-0.15, -0.1) is 0 Å². The van der Waals surface area contributed by atoms with Crippen LogP contribution in [0.2, 0.25) is 0 Å². The second-order valence-electron chi connectivity index (χ2n) is 9.51. The minimum atomic E-state index is -0.694. The number of carbonyl (C=O) groups is 2. The number of ether oxygens (including phenoxy) is 3. The predicted molar refractivity (Wildman–Crippen MR) is 139 cm³/mol. The molecule has 0 amide bonds. The summed E-state index contributed by atoms with van der Waals surface area (Å²) in [6, 6.07) is 15.9. The molecule has 202 valence electrons. The van der Waals surface area contributed by atoms with Gasteiger partial charge in [0.25, 0.3) is 0 Å². The standard InChI is InChI=1S/C30H22O10/c31-16-5-1-14(2-6-16)23-11-20(34)27-19(33)9-18(10-25(27)39-23)38-30-22(36)13-26-28(29(30)37)21(35)12-24(40-26)15-3-7-17(32)8-4-15/h1-10,13,23-24,31-33,36-37H,11-12H2/t23-,24-/m1/s1. The Morgan fingerprint density at radius 3 is 1.68 bits per heavy atom. The van der Waals surface area contributed by atoms with Gasteiger partial charge >= 0.3 is 0 Å². The fourth-order valence-corrected chi connectivity index (χ4v) is 4.88. The highest BCUT2D eigenvalue weighted by atomic mass is 16.5. The summed E-state index contributed by atoms with van der Waals surface area (Å²) < 4.78 is 17.5. The van der Waals surface area contributed by atoms with Gasteiger partial charge in [0, 0.05) is 18.2 Å². The Morgan fingerprint density at radius 1 is 0.625 bits per heavy atom. The number of carbonyl (C=O) groups excluding carboxylic acids is 2. The number of fused-ring (bicyclic) bond motifs is 2. The highest BCUT2D eigenvalue weighted by molar-refractivity contribution is 6.04. The van der Waals surface area contributed by atoms with Crippen molar-refractivity contribution in [1.29, 1.82) is 0 Å². The van der Waals surface area contributed by atoms with Crippen molar-refractivity contribution in [2.24, 2.45) is 0 Å². The summed E-state index contributed by atoms with van der Waals surface area (Å²) in [4.78, 5) is 25.8. The zero-order chi connectivity index (χ0) is 28.1. The molecule has 4 aromatic carbocycles. The first kappa shape index (κ1) is 24.9. The molecular weight excluding hydrogens is 520 g/mol. The van der Waals surface area contributed by atoms with Crippen molar-refractivity contribution >= 4 is 11.6 Å². The Kier molecular flexibility index (Phi) is 5.87. The minimum Gasteiger partial charge on any atom is -0.508 e. The summed E-state index contributed by atoms with van der Waals surface area (Å²) in [5.41, 5.74) is 1.05. The molecule has 40 heavy (non-hydrogen) atoms. The van der Waals surface area contributed by atoms with E-state index in [1.807, 2.05) is 0 Å². The third-order valence-corrected chi connectivity index (χ3v) is 6.84. The average molecular weight is 542 g/mol. The average Bonchev–Trinajstić information content (AvgIpc) is 2.91. The van der Waals surface area contributed by atoms with Gasteiger partial charge in [0.2, 0.25) is 5.75 Å². The number of aromatic hydroxyl groups is 5. The fourth-order valence-electron chi connectivity index (χ4n) is 4.88. The van der Waals surface area contributed by atoms with Crippen LogP contribution in [0.5, 0.6) is 51.7 Å². The van der Waals surface area contributed by atoms with Gasteiger partial charge < -0.3 is 39.7 Å². The maximum atomic E-state index is 13.0. The van der Waals surface area contributed by atoms with Crippen LogP contribution in [0.4, 0.5) is 0 Å². The molecule has 2 heterocycles. The van der Waals surface area contributed by atoms with Gasteiger partial charge in [0.15, 0.2) is 23.1 Å². The van der Waals surface area contributed by atoms with E-state index in [-0.39, 0.29) is 58.5 Å². The number of phenols is 5. The number of hydrogen-bond donors (Lipinski definition) is 5. The first-order valence-electron chi connectivity index (χ1n) is 12.3. The molecule has 10 nitrogen and oxygen atoms in total. The van der Waals surface area contributed by atoms with Crippen LogP contribution in [-0.4, -0.2) is 37.1 Å². The number of ketones is 2. The molecule has 4 aromatic rings. The summed E-state index contributed by atoms with van der Waals surface area (Å²) >= 11 is 0. The molecule has 0 aliphatic carbocycles. The van der Waals surface area contributed by atoms with Gasteiger partial charge in [-0.05, 0) is 35.4 Å². The van der Waals surface area contributed by atoms with E-state index in [0.717, 1.165) is 12.1 Å². The normalized spacial score (nSPS) is 17.8. The van der Waals surface area contributed by atoms with Gasteiger partial charge in [0.1, 0.15) is 57.8 Å². The number of rotatable bonds is 4. The zero-order valence-electron chi connectivity index (χ0n) is 20.7. The molecule has 0 spiro atoms. The maximum Gasteiger partial charge on any atom is 0.211 e. The van der Waals surface area contributed by atoms with Gasteiger partial charge in [-0.3, -0.25) is 9.59 Å². The molecule has 0 unspecified atom stereocenters. The van der Waals surface area contributed by atoms with E-state index in [1.54, 1.807) is 24.3 Å². The molecule has 0 bridgehead atoms. The Bertz CT molecular complexity index is 1660.